The third kappa shape index (κ3) is 3.90. The number of aliphatic hydroxyl groups excluding tert-OH is 1. The summed E-state index contributed by atoms with van der Waals surface area (Å²) in [6.45, 7) is 0.958. The van der Waals surface area contributed by atoms with Crippen molar-refractivity contribution in [3.63, 3.8) is 0 Å². The molecule has 0 saturated carbocycles. The van der Waals surface area contributed by atoms with Crippen molar-refractivity contribution in [2.75, 3.05) is 19.8 Å². The predicted octanol–water partition coefficient (Wildman–Crippen LogP) is 4.26. The molecular weight excluding hydrogens is 437 g/mol. The van der Waals surface area contributed by atoms with Crippen LogP contribution >= 0.6 is 0 Å². The van der Waals surface area contributed by atoms with E-state index in [1.165, 1.54) is 23.1 Å². The minimum Gasteiger partial charge on any atom is -0.507 e. The van der Waals surface area contributed by atoms with Crippen molar-refractivity contribution in [1.29, 1.82) is 0 Å². The van der Waals surface area contributed by atoms with Gasteiger partial charge in [0.05, 0.1) is 11.6 Å². The molecule has 3 aromatic rings. The van der Waals surface area contributed by atoms with Crippen LogP contribution in [0.3, 0.4) is 0 Å². The van der Waals surface area contributed by atoms with E-state index in [-0.39, 0.29) is 29.0 Å². The van der Waals surface area contributed by atoms with Gasteiger partial charge in [0.15, 0.2) is 11.5 Å². The summed E-state index contributed by atoms with van der Waals surface area (Å²) >= 11 is 0. The lowest BCUT2D eigenvalue weighted by atomic mass is 9.94. The first-order valence-electron chi connectivity index (χ1n) is 11.0. The van der Waals surface area contributed by atoms with Crippen molar-refractivity contribution in [2.24, 2.45) is 0 Å². The highest BCUT2D eigenvalue weighted by Crippen LogP contribution is 2.41. The van der Waals surface area contributed by atoms with Gasteiger partial charge in [-0.2, -0.15) is 0 Å². The molecule has 5 rings (SSSR count). The topological polar surface area (TPSA) is 76.1 Å². The molecule has 7 heteroatoms. The van der Waals surface area contributed by atoms with Gasteiger partial charge in [0, 0.05) is 17.7 Å². The summed E-state index contributed by atoms with van der Waals surface area (Å²) in [7, 11) is 0. The van der Waals surface area contributed by atoms with Gasteiger partial charge in [-0.1, -0.05) is 48.5 Å². The predicted molar refractivity (Wildman–Crippen MR) is 123 cm³/mol. The van der Waals surface area contributed by atoms with Gasteiger partial charge in [-0.3, -0.25) is 9.59 Å². The quantitative estimate of drug-likeness (QED) is 0.351. The Hall–Kier alpha value is -4.13. The maximum atomic E-state index is 14.9. The van der Waals surface area contributed by atoms with Crippen LogP contribution in [0.25, 0.3) is 5.76 Å². The molecule has 0 radical (unpaired) electrons. The molecule has 1 saturated heterocycles. The highest BCUT2D eigenvalue weighted by atomic mass is 19.1. The summed E-state index contributed by atoms with van der Waals surface area (Å²) < 4.78 is 26.0. The number of hydrogen-bond acceptors (Lipinski definition) is 5. The second kappa shape index (κ2) is 9.02. The van der Waals surface area contributed by atoms with Crippen LogP contribution in [-0.2, 0) is 16.0 Å². The molecule has 6 nitrogen and oxygen atoms in total. The maximum absolute atomic E-state index is 14.9. The first-order chi connectivity index (χ1) is 16.5. The van der Waals surface area contributed by atoms with Gasteiger partial charge in [-0.15, -0.1) is 0 Å². The second-order valence-electron chi connectivity index (χ2n) is 8.11. The molecule has 1 atom stereocenters. The Balaban J connectivity index is 1.59. The lowest BCUT2D eigenvalue weighted by molar-refractivity contribution is -0.139. The number of amides is 1. The van der Waals surface area contributed by atoms with E-state index in [1.807, 2.05) is 30.3 Å². The molecule has 34 heavy (non-hydrogen) atoms. The molecule has 3 aromatic carbocycles. The molecule has 0 bridgehead atoms. The number of fused-ring (bicyclic) bond motifs is 1. The average Bonchev–Trinajstić information content (AvgIpc) is 3.12. The van der Waals surface area contributed by atoms with Crippen LogP contribution in [0.1, 0.15) is 22.7 Å². The van der Waals surface area contributed by atoms with E-state index in [9.17, 15) is 19.1 Å². The standard InChI is InChI=1S/C27H22FNO5/c28-20-9-5-4-8-19(20)24-23(25(30)18-10-11-21-22(16-18)34-15-14-33-21)26(31)27(32)29(24)13-12-17-6-2-1-3-7-17/h1-11,16,24,30H,12-15H2/t24-/m1/s1. The van der Waals surface area contributed by atoms with Gasteiger partial charge >= 0.3 is 0 Å². The van der Waals surface area contributed by atoms with Gasteiger partial charge in [0.1, 0.15) is 24.8 Å². The fraction of sp³-hybridized carbons (Fsp3) is 0.185. The molecule has 0 aliphatic carbocycles. The number of halogens is 1. The Bertz CT molecular complexity index is 1290. The van der Waals surface area contributed by atoms with Crippen molar-refractivity contribution in [3.8, 4) is 11.5 Å². The highest BCUT2D eigenvalue weighted by molar-refractivity contribution is 6.46. The zero-order valence-electron chi connectivity index (χ0n) is 18.2. The zero-order chi connectivity index (χ0) is 23.7. The van der Waals surface area contributed by atoms with Crippen molar-refractivity contribution in [3.05, 3.63) is 101 Å². The number of Topliss-reactive ketones (excluding diaryl/α,β-unsaturated/α-hetero) is 1. The number of ether oxygens (including phenoxy) is 2. The molecule has 172 valence electrons. The Kier molecular flexibility index (Phi) is 5.76. The largest absolute Gasteiger partial charge is 0.507 e. The van der Waals surface area contributed by atoms with E-state index < -0.39 is 23.5 Å². The number of nitrogens with zero attached hydrogens (tertiary/aromatic N) is 1. The number of hydrogen-bond donors (Lipinski definition) is 1. The lowest BCUT2D eigenvalue weighted by Crippen LogP contribution is -2.32. The van der Waals surface area contributed by atoms with Crippen LogP contribution in [0.15, 0.2) is 78.4 Å². The number of carbonyl (C=O) groups excluding carboxylic acids is 2. The molecule has 2 heterocycles. The molecular formula is C27H22FNO5. The van der Waals surface area contributed by atoms with Crippen LogP contribution in [0, 0.1) is 5.82 Å². The lowest BCUT2D eigenvalue weighted by Gasteiger charge is -2.26. The summed E-state index contributed by atoms with van der Waals surface area (Å²) in [4.78, 5) is 27.5. The van der Waals surface area contributed by atoms with Crippen molar-refractivity contribution in [1.82, 2.24) is 4.90 Å². The number of carbonyl (C=O) groups is 2. The van der Waals surface area contributed by atoms with Crippen LogP contribution in [-0.4, -0.2) is 41.5 Å². The summed E-state index contributed by atoms with van der Waals surface area (Å²) in [5.74, 6) is -1.62. The van der Waals surface area contributed by atoms with Gasteiger partial charge in [0.2, 0.25) is 0 Å². The van der Waals surface area contributed by atoms with Crippen LogP contribution in [0.4, 0.5) is 4.39 Å². The van der Waals surface area contributed by atoms with Gasteiger partial charge in [-0.25, -0.2) is 4.39 Å². The SMILES string of the molecule is O=C1C(=O)N(CCc2ccccc2)[C@H](c2ccccc2F)C1=C(O)c1ccc2c(c1)OCCO2. The van der Waals surface area contributed by atoms with Crippen molar-refractivity contribution < 1.29 is 28.6 Å². The maximum Gasteiger partial charge on any atom is 0.295 e. The summed E-state index contributed by atoms with van der Waals surface area (Å²) in [5.41, 5.74) is 1.25. The normalized spacial score (nSPS) is 18.9. The molecule has 0 spiro atoms. The second-order valence-corrected chi connectivity index (χ2v) is 8.11. The molecule has 0 aromatic heterocycles. The Labute approximate surface area is 195 Å². The Morgan fingerprint density at radius 3 is 2.41 bits per heavy atom. The van der Waals surface area contributed by atoms with Crippen molar-refractivity contribution in [2.45, 2.75) is 12.5 Å². The van der Waals surface area contributed by atoms with Gasteiger partial charge in [0.25, 0.3) is 11.7 Å². The fourth-order valence-corrected chi connectivity index (χ4v) is 4.37. The monoisotopic (exact) mass is 459 g/mol. The molecule has 1 fully saturated rings. The molecule has 2 aliphatic rings. The van der Waals surface area contributed by atoms with Gasteiger partial charge in [-0.05, 0) is 36.2 Å². The summed E-state index contributed by atoms with van der Waals surface area (Å²) in [5, 5.41) is 11.2. The number of aliphatic hydroxyl groups is 1. The molecule has 1 amide bonds. The van der Waals surface area contributed by atoms with E-state index in [0.29, 0.717) is 31.1 Å². The third-order valence-corrected chi connectivity index (χ3v) is 6.04. The summed E-state index contributed by atoms with van der Waals surface area (Å²) in [6.07, 6.45) is 0.475. The minimum absolute atomic E-state index is 0.147. The zero-order valence-corrected chi connectivity index (χ0v) is 18.2. The number of benzene rings is 3. The van der Waals surface area contributed by atoms with E-state index in [0.717, 1.165) is 5.56 Å². The number of rotatable bonds is 5. The highest BCUT2D eigenvalue weighted by Gasteiger charge is 2.46. The van der Waals surface area contributed by atoms with Crippen LogP contribution in [0.2, 0.25) is 0 Å². The fourth-order valence-electron chi connectivity index (χ4n) is 4.37. The minimum atomic E-state index is -1.06. The van der Waals surface area contributed by atoms with Crippen molar-refractivity contribution >= 4 is 17.4 Å². The van der Waals surface area contributed by atoms with E-state index in [4.69, 9.17) is 9.47 Å². The Morgan fingerprint density at radius 1 is 0.941 bits per heavy atom. The third-order valence-electron chi connectivity index (χ3n) is 6.04. The smallest absolute Gasteiger partial charge is 0.295 e. The van der Waals surface area contributed by atoms with E-state index in [2.05, 4.69) is 0 Å². The molecule has 0 unspecified atom stereocenters. The molecule has 1 N–H and O–H groups in total. The number of ketones is 1. The van der Waals surface area contributed by atoms with Crippen LogP contribution < -0.4 is 9.47 Å². The molecule has 2 aliphatic heterocycles. The van der Waals surface area contributed by atoms with Crippen LogP contribution in [0.5, 0.6) is 11.5 Å². The summed E-state index contributed by atoms with van der Waals surface area (Å²) in [6, 6.07) is 19.2. The average molecular weight is 459 g/mol. The van der Waals surface area contributed by atoms with E-state index >= 15 is 0 Å². The first-order valence-corrected chi connectivity index (χ1v) is 11.0. The van der Waals surface area contributed by atoms with E-state index in [1.54, 1.807) is 24.3 Å². The Morgan fingerprint density at radius 2 is 1.65 bits per heavy atom. The van der Waals surface area contributed by atoms with Gasteiger partial charge < -0.3 is 19.5 Å². The number of likely N-dealkylation sites (tertiary alicyclic amines) is 1. The first kappa shape index (κ1) is 21.7.